The number of rotatable bonds is 4. The Morgan fingerprint density at radius 3 is 1.39 bits per heavy atom. The van der Waals surface area contributed by atoms with E-state index in [4.69, 9.17) is 0 Å². The maximum absolute atomic E-state index is 3.47. The average Bonchev–Trinajstić information content (AvgIpc) is 3.21. The van der Waals surface area contributed by atoms with E-state index in [2.05, 4.69) is 105 Å². The summed E-state index contributed by atoms with van der Waals surface area (Å²) in [6.07, 6.45) is 5.06. The third kappa shape index (κ3) is 3.03. The molecule has 2 aliphatic rings. The molecule has 2 aromatic rings. The van der Waals surface area contributed by atoms with Gasteiger partial charge < -0.3 is 0 Å². The van der Waals surface area contributed by atoms with Crippen LogP contribution in [0, 0.1) is 11.8 Å². The van der Waals surface area contributed by atoms with Gasteiger partial charge in [0.25, 0.3) is 0 Å². The molecule has 0 heterocycles. The predicted octanol–water partition coefficient (Wildman–Crippen LogP) is 6.91. The van der Waals surface area contributed by atoms with Crippen molar-refractivity contribution in [1.82, 2.24) is 0 Å². The first-order chi connectivity index (χ1) is 13.1. The Bertz CT molecular complexity index is 982. The van der Waals surface area contributed by atoms with Crippen molar-refractivity contribution in [3.05, 3.63) is 81.9 Å². The van der Waals surface area contributed by atoms with Gasteiger partial charge in [0.05, 0.1) is 0 Å². The molecule has 0 spiro atoms. The molecule has 0 saturated heterocycles. The quantitative estimate of drug-likeness (QED) is 0.362. The van der Waals surface area contributed by atoms with Gasteiger partial charge in [-0.15, -0.1) is 0 Å². The topological polar surface area (TPSA) is 0 Å². The number of hydrogen-bond donors (Lipinski definition) is 0. The van der Waals surface area contributed by atoms with E-state index in [1.807, 2.05) is 0 Å². The summed E-state index contributed by atoms with van der Waals surface area (Å²) in [6, 6.07) is 18.4. The standard InChI is InChI=1S/2C12H13.2CH3.Hf.H2Si/c2*1-9(2)12-7-10-5-3-4-6-11(10)8-12;;;;/h2*3-9H,1-2H3;2*1H3;;1H2. The van der Waals surface area contributed by atoms with Crippen molar-refractivity contribution >= 4 is 19.1 Å². The number of fused-ring (bicyclic) bond motifs is 2. The molecule has 2 heteroatoms. The molecule has 0 N–H and O–H groups in total. The van der Waals surface area contributed by atoms with Crippen LogP contribution in [0.15, 0.2) is 59.7 Å². The minimum atomic E-state index is -3.47. The van der Waals surface area contributed by atoms with Crippen molar-refractivity contribution in [3.63, 3.8) is 0 Å². The van der Waals surface area contributed by atoms with Crippen LogP contribution < -0.4 is 0 Å². The van der Waals surface area contributed by atoms with E-state index in [9.17, 15) is 0 Å². The molecule has 0 aliphatic heterocycles. The fourth-order valence-corrected chi connectivity index (χ4v) is 34.7. The van der Waals surface area contributed by atoms with Gasteiger partial charge in [0.15, 0.2) is 0 Å². The van der Waals surface area contributed by atoms with Gasteiger partial charge in [-0.25, -0.2) is 0 Å². The van der Waals surface area contributed by atoms with Gasteiger partial charge in [-0.2, -0.15) is 0 Å². The molecule has 2 atom stereocenters. The summed E-state index contributed by atoms with van der Waals surface area (Å²) in [5, 5.41) is 0. The summed E-state index contributed by atoms with van der Waals surface area (Å²) in [6.45, 7) is 12.0. The first kappa shape index (κ1) is 20.3. The monoisotopic (exact) mass is 554 g/mol. The number of benzene rings is 2. The van der Waals surface area contributed by atoms with Gasteiger partial charge >= 0.3 is 174 Å². The summed E-state index contributed by atoms with van der Waals surface area (Å²) >= 11 is -3.47. The molecule has 0 bridgehead atoms. The molecular formula is C26H34HfSi. The molecular weight excluding hydrogens is 519 g/mol. The first-order valence-corrected chi connectivity index (χ1v) is 30.4. The zero-order valence-electron chi connectivity index (χ0n) is 18.3. The van der Waals surface area contributed by atoms with Crippen molar-refractivity contribution in [2.45, 2.75) is 44.4 Å². The van der Waals surface area contributed by atoms with E-state index in [-0.39, 0.29) is 0 Å². The Morgan fingerprint density at radius 2 is 1.04 bits per heavy atom. The molecule has 2 unspecified atom stereocenters. The molecule has 0 fully saturated rings. The summed E-state index contributed by atoms with van der Waals surface area (Å²) in [5.41, 5.74) is 9.52. The molecule has 0 saturated carbocycles. The molecule has 4 rings (SSSR count). The van der Waals surface area contributed by atoms with Gasteiger partial charge in [-0.1, -0.05) is 0 Å². The summed E-state index contributed by atoms with van der Waals surface area (Å²) in [5.74, 6) is 1.20. The molecule has 0 amide bonds. The van der Waals surface area contributed by atoms with Crippen molar-refractivity contribution in [1.29, 1.82) is 0 Å². The Labute approximate surface area is 173 Å². The minimum absolute atomic E-state index is 0.598. The van der Waals surface area contributed by atoms with Gasteiger partial charge in [-0.3, -0.25) is 0 Å². The van der Waals surface area contributed by atoms with Crippen molar-refractivity contribution in [2.24, 2.45) is 11.8 Å². The van der Waals surface area contributed by atoms with Crippen molar-refractivity contribution in [2.75, 3.05) is 0 Å². The SMILES string of the molecule is CC(C)C1=Cc2ccccc2[CH]1[Hf]([CH3])([CH3])(=[SiH2])[CH]1C(C(C)C)=Cc2ccccc21. The van der Waals surface area contributed by atoms with Gasteiger partial charge in [0, 0.05) is 0 Å². The number of allylic oxidation sites excluding steroid dienone is 2. The molecule has 0 radical (unpaired) electrons. The fraction of sp³-hybridized carbons (Fsp3) is 0.385. The fourth-order valence-electron chi connectivity index (χ4n) is 5.98. The van der Waals surface area contributed by atoms with E-state index in [1.54, 1.807) is 22.3 Å². The Hall–Kier alpha value is -0.993. The Morgan fingerprint density at radius 1 is 0.679 bits per heavy atom. The second-order valence-electron chi connectivity index (χ2n) is 10.7. The molecule has 28 heavy (non-hydrogen) atoms. The molecule has 146 valence electrons. The van der Waals surface area contributed by atoms with Crippen LogP contribution >= 0.6 is 0 Å². The summed E-state index contributed by atoms with van der Waals surface area (Å²) in [7, 11) is 0. The van der Waals surface area contributed by atoms with Crippen LogP contribution in [0.1, 0.15) is 57.3 Å². The van der Waals surface area contributed by atoms with Crippen LogP contribution in [0.25, 0.3) is 12.2 Å². The second-order valence-corrected chi connectivity index (χ2v) is 54.2. The third-order valence-electron chi connectivity index (χ3n) is 7.15. The summed E-state index contributed by atoms with van der Waals surface area (Å²) in [4.78, 5) is 0. The van der Waals surface area contributed by atoms with E-state index in [0.717, 1.165) is 0 Å². The van der Waals surface area contributed by atoms with Crippen LogP contribution in [-0.4, -0.2) is 6.94 Å². The maximum atomic E-state index is 2.75. The first-order valence-electron chi connectivity index (χ1n) is 10.8. The normalized spacial score (nSPS) is 21.6. The van der Waals surface area contributed by atoms with Gasteiger partial charge in [0.2, 0.25) is 0 Å². The van der Waals surface area contributed by atoms with Crippen LogP contribution in [0.3, 0.4) is 0 Å². The third-order valence-corrected chi connectivity index (χ3v) is 32.1. The van der Waals surface area contributed by atoms with E-state index < -0.39 is 17.1 Å². The van der Waals surface area contributed by atoms with E-state index in [0.29, 0.717) is 19.2 Å². The molecule has 0 aromatic heterocycles. The number of hydrogen-bond acceptors (Lipinski definition) is 0. The molecule has 0 nitrogen and oxygen atoms in total. The summed E-state index contributed by atoms with van der Waals surface area (Å²) < 4.78 is 6.79. The van der Waals surface area contributed by atoms with Crippen LogP contribution in [0.2, 0.25) is 9.36 Å². The van der Waals surface area contributed by atoms with Crippen LogP contribution in [0.4, 0.5) is 0 Å². The van der Waals surface area contributed by atoms with Crippen molar-refractivity contribution in [3.8, 4) is 0 Å². The van der Waals surface area contributed by atoms with Gasteiger partial charge in [0.1, 0.15) is 0 Å². The zero-order chi connectivity index (χ0) is 20.3. The van der Waals surface area contributed by atoms with Crippen molar-refractivity contribution < 1.29 is 17.1 Å². The predicted molar refractivity (Wildman–Crippen MR) is 124 cm³/mol. The van der Waals surface area contributed by atoms with Gasteiger partial charge in [-0.05, 0) is 0 Å². The van der Waals surface area contributed by atoms with Crippen LogP contribution in [-0.2, 0) is 17.1 Å². The molecule has 2 aliphatic carbocycles. The Kier molecular flexibility index (Phi) is 4.91. The van der Waals surface area contributed by atoms with E-state index in [1.165, 1.54) is 11.1 Å². The van der Waals surface area contributed by atoms with E-state index >= 15 is 0 Å². The average molecular weight is 553 g/mol. The Balaban J connectivity index is 1.97. The second kappa shape index (κ2) is 6.77. The zero-order valence-corrected chi connectivity index (χ0v) is 23.3. The van der Waals surface area contributed by atoms with Crippen LogP contribution in [0.5, 0.6) is 0 Å². The molecule has 2 aromatic carbocycles.